The fourth-order valence-electron chi connectivity index (χ4n) is 3.30. The fourth-order valence-corrected chi connectivity index (χ4v) is 4.48. The highest BCUT2D eigenvalue weighted by Gasteiger charge is 2.34. The average Bonchev–Trinajstić information content (AvgIpc) is 3.06. The number of halogens is 1. The maximum atomic E-state index is 11.1. The summed E-state index contributed by atoms with van der Waals surface area (Å²) in [6, 6.07) is 12.3. The van der Waals surface area contributed by atoms with Gasteiger partial charge in [-0.05, 0) is 48.7 Å². The fraction of sp³-hybridized carbons (Fsp3) is 0.263. The normalized spacial score (nSPS) is 16.8. The number of carboxylic acid groups (broad SMARTS) is 1. The molecule has 5 nitrogen and oxygen atoms in total. The highest BCUT2D eigenvalue weighted by Crippen LogP contribution is 2.37. The van der Waals surface area contributed by atoms with Gasteiger partial charge in [-0.15, -0.1) is 0 Å². The monoisotopic (exact) mass is 388 g/mol. The van der Waals surface area contributed by atoms with Gasteiger partial charge in [-0.3, -0.25) is 0 Å². The lowest BCUT2D eigenvalue weighted by atomic mass is 9.84. The predicted octanol–water partition coefficient (Wildman–Crippen LogP) is 4.14. The number of carbonyl (C=O) groups is 1. The number of fused-ring (bicyclic) bond motifs is 1. The zero-order chi connectivity index (χ0) is 18.3. The van der Waals surface area contributed by atoms with Crippen molar-refractivity contribution in [2.45, 2.75) is 18.4 Å². The molecular weight excluding hydrogens is 372 g/mol. The molecule has 0 saturated carbocycles. The second kappa shape index (κ2) is 6.54. The molecule has 134 valence electrons. The Bertz CT molecular complexity index is 963. The van der Waals surface area contributed by atoms with Crippen molar-refractivity contribution >= 4 is 44.3 Å². The van der Waals surface area contributed by atoms with Crippen LogP contribution in [0.3, 0.4) is 0 Å². The van der Waals surface area contributed by atoms with Gasteiger partial charge in [-0.25, -0.2) is 9.78 Å². The number of hydrogen-bond donors (Lipinski definition) is 2. The Morgan fingerprint density at radius 3 is 2.50 bits per heavy atom. The van der Waals surface area contributed by atoms with E-state index in [4.69, 9.17) is 16.7 Å². The molecule has 0 bridgehead atoms. The van der Waals surface area contributed by atoms with Gasteiger partial charge in [0, 0.05) is 18.1 Å². The van der Waals surface area contributed by atoms with E-state index in [9.17, 15) is 9.90 Å². The first kappa shape index (κ1) is 17.3. The van der Waals surface area contributed by atoms with E-state index in [1.54, 1.807) is 30.3 Å². The number of aliphatic hydroxyl groups is 1. The van der Waals surface area contributed by atoms with Crippen LogP contribution in [0.2, 0.25) is 5.02 Å². The standard InChI is InChI=1S/C19H17ClN2O3S/c20-14-4-2-13(3-5-14)19(25)7-9-22(10-8-19)18-21-15-6-1-12(17(23)24)11-16(15)26-18/h1-6,11,25H,7-10H2,(H,23,24). The molecule has 0 atom stereocenters. The molecule has 1 aliphatic heterocycles. The van der Waals surface area contributed by atoms with Gasteiger partial charge in [0.2, 0.25) is 0 Å². The minimum absolute atomic E-state index is 0.267. The van der Waals surface area contributed by atoms with Gasteiger partial charge in [0.15, 0.2) is 5.13 Å². The Kier molecular flexibility index (Phi) is 4.34. The van der Waals surface area contributed by atoms with Crippen molar-refractivity contribution in [3.63, 3.8) is 0 Å². The SMILES string of the molecule is O=C(O)c1ccc2nc(N3CCC(O)(c4ccc(Cl)cc4)CC3)sc2c1. The van der Waals surface area contributed by atoms with Crippen LogP contribution in [0.4, 0.5) is 5.13 Å². The summed E-state index contributed by atoms with van der Waals surface area (Å²) in [7, 11) is 0. The van der Waals surface area contributed by atoms with Crippen LogP contribution in [-0.2, 0) is 5.60 Å². The molecule has 4 rings (SSSR count). The quantitative estimate of drug-likeness (QED) is 0.705. The number of rotatable bonds is 3. The van der Waals surface area contributed by atoms with E-state index >= 15 is 0 Å². The number of aromatic nitrogens is 1. The molecule has 0 spiro atoms. The molecule has 1 saturated heterocycles. The highest BCUT2D eigenvalue weighted by atomic mass is 35.5. The van der Waals surface area contributed by atoms with Crippen LogP contribution >= 0.6 is 22.9 Å². The van der Waals surface area contributed by atoms with Crippen molar-refractivity contribution in [3.05, 3.63) is 58.6 Å². The number of carboxylic acids is 1. The van der Waals surface area contributed by atoms with Crippen molar-refractivity contribution in [2.75, 3.05) is 18.0 Å². The third-order valence-corrected chi connectivity index (χ3v) is 6.20. The molecule has 3 aromatic rings. The van der Waals surface area contributed by atoms with Crippen LogP contribution in [0.5, 0.6) is 0 Å². The van der Waals surface area contributed by atoms with Crippen LogP contribution in [0.1, 0.15) is 28.8 Å². The lowest BCUT2D eigenvalue weighted by Gasteiger charge is -2.38. The van der Waals surface area contributed by atoms with Gasteiger partial charge in [0.1, 0.15) is 0 Å². The third-order valence-electron chi connectivity index (χ3n) is 4.87. The first-order chi connectivity index (χ1) is 12.4. The van der Waals surface area contributed by atoms with Crippen LogP contribution < -0.4 is 4.90 Å². The lowest BCUT2D eigenvalue weighted by Crippen LogP contribution is -2.42. The largest absolute Gasteiger partial charge is 0.478 e. The van der Waals surface area contributed by atoms with Crippen LogP contribution in [0.25, 0.3) is 10.2 Å². The number of thiazole rings is 1. The van der Waals surface area contributed by atoms with Crippen LogP contribution in [-0.4, -0.2) is 34.3 Å². The minimum Gasteiger partial charge on any atom is -0.478 e. The molecule has 26 heavy (non-hydrogen) atoms. The summed E-state index contributed by atoms with van der Waals surface area (Å²) < 4.78 is 0.860. The van der Waals surface area contributed by atoms with Gasteiger partial charge >= 0.3 is 5.97 Å². The summed E-state index contributed by atoms with van der Waals surface area (Å²) in [5.74, 6) is -0.937. The van der Waals surface area contributed by atoms with Crippen molar-refractivity contribution in [3.8, 4) is 0 Å². The topological polar surface area (TPSA) is 73.7 Å². The predicted molar refractivity (Wildman–Crippen MR) is 103 cm³/mol. The Morgan fingerprint density at radius 2 is 1.85 bits per heavy atom. The third kappa shape index (κ3) is 3.16. The van der Waals surface area contributed by atoms with Crippen LogP contribution in [0, 0.1) is 0 Å². The summed E-state index contributed by atoms with van der Waals surface area (Å²) in [5, 5.41) is 21.6. The summed E-state index contributed by atoms with van der Waals surface area (Å²) in [4.78, 5) is 17.9. The summed E-state index contributed by atoms with van der Waals surface area (Å²) in [5.41, 5.74) is 1.10. The lowest BCUT2D eigenvalue weighted by molar-refractivity contribution is 0.0118. The maximum absolute atomic E-state index is 11.1. The minimum atomic E-state index is -0.937. The van der Waals surface area contributed by atoms with Crippen LogP contribution in [0.15, 0.2) is 42.5 Å². The van der Waals surface area contributed by atoms with Gasteiger partial charge in [0.25, 0.3) is 0 Å². The zero-order valence-electron chi connectivity index (χ0n) is 13.9. The molecule has 1 aromatic heterocycles. The van der Waals surface area contributed by atoms with Crippen molar-refractivity contribution in [1.82, 2.24) is 4.98 Å². The van der Waals surface area contributed by atoms with Crippen molar-refractivity contribution < 1.29 is 15.0 Å². The number of hydrogen-bond acceptors (Lipinski definition) is 5. The summed E-state index contributed by atoms with van der Waals surface area (Å²) in [6.45, 7) is 1.37. The Hall–Kier alpha value is -2.15. The van der Waals surface area contributed by atoms with Crippen molar-refractivity contribution in [1.29, 1.82) is 0 Å². The number of piperidine rings is 1. The van der Waals surface area contributed by atoms with Gasteiger partial charge in [0.05, 0.1) is 21.4 Å². The second-order valence-electron chi connectivity index (χ2n) is 6.51. The molecule has 1 fully saturated rings. The molecule has 0 radical (unpaired) electrons. The molecule has 0 amide bonds. The first-order valence-electron chi connectivity index (χ1n) is 8.32. The summed E-state index contributed by atoms with van der Waals surface area (Å²) in [6.07, 6.45) is 1.20. The Balaban J connectivity index is 1.53. The van der Waals surface area contributed by atoms with E-state index in [-0.39, 0.29) is 5.56 Å². The van der Waals surface area contributed by atoms with E-state index in [1.165, 1.54) is 11.3 Å². The second-order valence-corrected chi connectivity index (χ2v) is 7.96. The molecule has 2 N–H and O–H groups in total. The Morgan fingerprint density at radius 1 is 1.15 bits per heavy atom. The first-order valence-corrected chi connectivity index (χ1v) is 9.51. The van der Waals surface area contributed by atoms with E-state index in [0.717, 1.165) is 20.9 Å². The number of anilines is 1. The number of aromatic carboxylic acids is 1. The van der Waals surface area contributed by atoms with Gasteiger partial charge < -0.3 is 15.1 Å². The number of benzene rings is 2. The maximum Gasteiger partial charge on any atom is 0.335 e. The highest BCUT2D eigenvalue weighted by molar-refractivity contribution is 7.22. The average molecular weight is 389 g/mol. The van der Waals surface area contributed by atoms with Crippen molar-refractivity contribution in [2.24, 2.45) is 0 Å². The summed E-state index contributed by atoms with van der Waals surface area (Å²) >= 11 is 7.42. The molecule has 2 heterocycles. The Labute approximate surface area is 159 Å². The van der Waals surface area contributed by atoms with Gasteiger partial charge in [-0.2, -0.15) is 0 Å². The zero-order valence-corrected chi connectivity index (χ0v) is 15.4. The molecular formula is C19H17ClN2O3S. The van der Waals surface area contributed by atoms with E-state index in [0.29, 0.717) is 31.0 Å². The van der Waals surface area contributed by atoms with E-state index < -0.39 is 11.6 Å². The molecule has 0 aliphatic carbocycles. The van der Waals surface area contributed by atoms with E-state index in [1.807, 2.05) is 12.1 Å². The number of nitrogens with zero attached hydrogens (tertiary/aromatic N) is 2. The molecule has 0 unspecified atom stereocenters. The molecule has 7 heteroatoms. The molecule has 1 aliphatic rings. The van der Waals surface area contributed by atoms with Gasteiger partial charge in [-0.1, -0.05) is 35.1 Å². The molecule has 2 aromatic carbocycles. The van der Waals surface area contributed by atoms with E-state index in [2.05, 4.69) is 9.88 Å². The smallest absolute Gasteiger partial charge is 0.335 e.